The molecule has 7 rings (SSSR count). The van der Waals surface area contributed by atoms with Gasteiger partial charge in [-0.3, -0.25) is 4.21 Å². The molecule has 2 N–H and O–H groups in total. The van der Waals surface area contributed by atoms with Crippen molar-refractivity contribution in [3.05, 3.63) is 40.5 Å². The number of nitrogens with zero attached hydrogens (tertiary/aromatic N) is 3. The van der Waals surface area contributed by atoms with Crippen LogP contribution in [0.2, 0.25) is 5.02 Å². The quantitative estimate of drug-likeness (QED) is 0.718. The monoisotopic (exact) mass is 456 g/mol. The average Bonchev–Trinajstić information content (AvgIpc) is 3.61. The van der Waals surface area contributed by atoms with Crippen LogP contribution >= 0.6 is 11.6 Å². The number of hydrogen-bond donors (Lipinski definition) is 2. The highest BCUT2D eigenvalue weighted by atomic mass is 35.5. The summed E-state index contributed by atoms with van der Waals surface area (Å²) in [6.45, 7) is 1.99. The average molecular weight is 457 g/mol. The number of aliphatic hydroxyl groups excluding tert-OH is 1. The fourth-order valence-electron chi connectivity index (χ4n) is 6.03. The summed E-state index contributed by atoms with van der Waals surface area (Å²) in [5.41, 5.74) is 2.05. The SMILES string of the molecule is O=S1c2c(NC3(CO)CCC3)nc(N3CC4C(C3)C4c3ccc(Cl)cc3)nc2C2CC21. The second-order valence-corrected chi connectivity index (χ2v) is 12.0. The zero-order chi connectivity index (χ0) is 20.9. The molecule has 8 heteroatoms. The van der Waals surface area contributed by atoms with Crippen molar-refractivity contribution in [2.24, 2.45) is 11.8 Å². The molecule has 5 aliphatic rings. The van der Waals surface area contributed by atoms with E-state index in [-0.39, 0.29) is 17.4 Å². The lowest BCUT2D eigenvalue weighted by atomic mass is 9.77. The van der Waals surface area contributed by atoms with Crippen LogP contribution in [0.4, 0.5) is 11.8 Å². The summed E-state index contributed by atoms with van der Waals surface area (Å²) in [4.78, 5) is 12.9. The Hall–Kier alpha value is -1.70. The third-order valence-corrected chi connectivity index (χ3v) is 10.3. The molecule has 0 radical (unpaired) electrons. The molecular weight excluding hydrogens is 432 g/mol. The molecular formula is C23H25ClN4O2S. The van der Waals surface area contributed by atoms with Gasteiger partial charge in [-0.25, -0.2) is 4.98 Å². The molecule has 3 aliphatic carbocycles. The fraction of sp³-hybridized carbons (Fsp3) is 0.565. The second-order valence-electron chi connectivity index (χ2n) is 9.99. The zero-order valence-corrected chi connectivity index (χ0v) is 18.7. The van der Waals surface area contributed by atoms with Crippen molar-refractivity contribution < 1.29 is 9.32 Å². The van der Waals surface area contributed by atoms with Gasteiger partial charge in [0.15, 0.2) is 0 Å². The van der Waals surface area contributed by atoms with Crippen molar-refractivity contribution in [3.63, 3.8) is 0 Å². The highest BCUT2D eigenvalue weighted by Crippen LogP contribution is 2.60. The molecule has 3 heterocycles. The van der Waals surface area contributed by atoms with Gasteiger partial charge in [0.25, 0.3) is 0 Å². The third kappa shape index (κ3) is 2.75. The first-order valence-electron chi connectivity index (χ1n) is 11.3. The van der Waals surface area contributed by atoms with Crippen molar-refractivity contribution in [2.45, 2.75) is 53.2 Å². The van der Waals surface area contributed by atoms with Gasteiger partial charge in [-0.2, -0.15) is 4.98 Å². The minimum atomic E-state index is -1.03. The summed E-state index contributed by atoms with van der Waals surface area (Å²) in [6, 6.07) is 8.26. The molecule has 2 aliphatic heterocycles. The molecule has 31 heavy (non-hydrogen) atoms. The summed E-state index contributed by atoms with van der Waals surface area (Å²) < 4.78 is 13.0. The van der Waals surface area contributed by atoms with E-state index in [2.05, 4.69) is 22.3 Å². The van der Waals surface area contributed by atoms with Gasteiger partial charge in [-0.1, -0.05) is 23.7 Å². The van der Waals surface area contributed by atoms with E-state index >= 15 is 0 Å². The second kappa shape index (κ2) is 6.42. The normalized spacial score (nSPS) is 35.7. The van der Waals surface area contributed by atoms with E-state index in [1.54, 1.807) is 0 Å². The Labute approximate surface area is 188 Å². The topological polar surface area (TPSA) is 78.3 Å². The van der Waals surface area contributed by atoms with Gasteiger partial charge >= 0.3 is 0 Å². The lowest BCUT2D eigenvalue weighted by molar-refractivity contribution is 0.143. The van der Waals surface area contributed by atoms with E-state index in [0.29, 0.717) is 29.5 Å². The number of aliphatic hydroxyl groups is 1. The Morgan fingerprint density at radius 1 is 1.19 bits per heavy atom. The molecule has 5 atom stereocenters. The van der Waals surface area contributed by atoms with Gasteiger partial charge in [0.2, 0.25) is 5.95 Å². The number of nitrogens with one attached hydrogen (secondary N) is 1. The molecule has 1 aromatic carbocycles. The molecule has 6 nitrogen and oxygen atoms in total. The Morgan fingerprint density at radius 3 is 2.58 bits per heavy atom. The highest BCUT2D eigenvalue weighted by molar-refractivity contribution is 7.86. The predicted molar refractivity (Wildman–Crippen MR) is 120 cm³/mol. The van der Waals surface area contributed by atoms with Gasteiger partial charge in [0, 0.05) is 29.3 Å². The van der Waals surface area contributed by atoms with Crippen molar-refractivity contribution in [1.29, 1.82) is 0 Å². The summed E-state index contributed by atoms with van der Waals surface area (Å²) in [5.74, 6) is 3.66. The third-order valence-electron chi connectivity index (χ3n) is 8.17. The number of aromatic nitrogens is 2. The van der Waals surface area contributed by atoms with E-state index in [1.807, 2.05) is 12.1 Å². The standard InChI is InChI=1S/C23H25ClN4O2S/c24-13-4-2-12(3-5-13)18-15-9-28(10-16(15)18)22-25-19-14-8-17(14)31(30)20(19)21(26-22)27-23(11-29)6-1-7-23/h2-5,14-18,29H,1,6-11H2,(H,25,26,27). The van der Waals surface area contributed by atoms with Gasteiger partial charge < -0.3 is 15.3 Å². The molecule has 0 bridgehead atoms. The number of anilines is 2. The lowest BCUT2D eigenvalue weighted by Gasteiger charge is -2.41. The van der Waals surface area contributed by atoms with Crippen LogP contribution in [0.25, 0.3) is 0 Å². The predicted octanol–water partition coefficient (Wildman–Crippen LogP) is 3.28. The fourth-order valence-corrected chi connectivity index (χ4v) is 7.95. The van der Waals surface area contributed by atoms with Gasteiger partial charge in [0.1, 0.15) is 10.7 Å². The Bertz CT molecular complexity index is 1090. The van der Waals surface area contributed by atoms with Crippen molar-refractivity contribution >= 4 is 34.2 Å². The number of rotatable bonds is 5. The smallest absolute Gasteiger partial charge is 0.227 e. The minimum Gasteiger partial charge on any atom is -0.394 e. The van der Waals surface area contributed by atoms with Crippen molar-refractivity contribution in [2.75, 3.05) is 29.9 Å². The Kier molecular flexibility index (Phi) is 3.90. The Balaban J connectivity index is 1.17. The van der Waals surface area contributed by atoms with E-state index in [9.17, 15) is 9.32 Å². The van der Waals surface area contributed by atoms with E-state index in [1.165, 1.54) is 5.56 Å². The summed E-state index contributed by atoms with van der Waals surface area (Å²) >= 11 is 6.05. The first kappa shape index (κ1) is 18.8. The molecule has 162 valence electrons. The molecule has 0 amide bonds. The maximum atomic E-state index is 13.0. The summed E-state index contributed by atoms with van der Waals surface area (Å²) in [5, 5.41) is 14.5. The first-order valence-corrected chi connectivity index (χ1v) is 12.9. The van der Waals surface area contributed by atoms with E-state index < -0.39 is 10.8 Å². The largest absolute Gasteiger partial charge is 0.394 e. The summed E-state index contributed by atoms with van der Waals surface area (Å²) in [7, 11) is -1.03. The number of piperidine rings is 1. The first-order chi connectivity index (χ1) is 15.1. The van der Waals surface area contributed by atoms with Crippen LogP contribution < -0.4 is 10.2 Å². The molecule has 4 fully saturated rings. The van der Waals surface area contributed by atoms with Crippen LogP contribution in [0.3, 0.4) is 0 Å². The van der Waals surface area contributed by atoms with Crippen LogP contribution in [0.5, 0.6) is 0 Å². The van der Waals surface area contributed by atoms with Gasteiger partial charge in [-0.05, 0) is 61.1 Å². The molecule has 1 aromatic heterocycles. The van der Waals surface area contributed by atoms with Crippen molar-refractivity contribution in [1.82, 2.24) is 9.97 Å². The van der Waals surface area contributed by atoms with E-state index in [4.69, 9.17) is 21.6 Å². The van der Waals surface area contributed by atoms with Gasteiger partial charge in [0.05, 0.1) is 28.6 Å². The van der Waals surface area contributed by atoms with Crippen LogP contribution in [0.1, 0.15) is 48.8 Å². The number of hydrogen-bond acceptors (Lipinski definition) is 6. The maximum absolute atomic E-state index is 13.0. The number of fused-ring (bicyclic) bond motifs is 4. The van der Waals surface area contributed by atoms with Crippen molar-refractivity contribution in [3.8, 4) is 0 Å². The molecule has 5 unspecified atom stereocenters. The number of benzene rings is 1. The lowest BCUT2D eigenvalue weighted by Crippen LogP contribution is -2.48. The van der Waals surface area contributed by atoms with E-state index in [0.717, 1.165) is 60.3 Å². The van der Waals surface area contributed by atoms with Crippen LogP contribution in [-0.2, 0) is 10.8 Å². The molecule has 3 saturated carbocycles. The molecule has 2 aromatic rings. The molecule has 0 spiro atoms. The van der Waals surface area contributed by atoms with Crippen LogP contribution in [0.15, 0.2) is 29.2 Å². The maximum Gasteiger partial charge on any atom is 0.227 e. The van der Waals surface area contributed by atoms with Gasteiger partial charge in [-0.15, -0.1) is 0 Å². The molecule has 1 saturated heterocycles. The minimum absolute atomic E-state index is 0.0806. The number of halogens is 1. The Morgan fingerprint density at radius 2 is 1.94 bits per heavy atom. The van der Waals surface area contributed by atoms with Crippen LogP contribution in [0, 0.1) is 11.8 Å². The highest BCUT2D eigenvalue weighted by Gasteiger charge is 2.58. The van der Waals surface area contributed by atoms with Crippen LogP contribution in [-0.4, -0.2) is 49.8 Å². The zero-order valence-electron chi connectivity index (χ0n) is 17.1. The summed E-state index contributed by atoms with van der Waals surface area (Å²) in [6.07, 6.45) is 3.93.